The molecule has 0 saturated carbocycles. The number of aliphatic imine (C=N–C) groups is 1. The van der Waals surface area contributed by atoms with Gasteiger partial charge in [-0.2, -0.15) is 5.10 Å². The smallest absolute Gasteiger partial charge is 0.191 e. The zero-order chi connectivity index (χ0) is 20.8. The van der Waals surface area contributed by atoms with Crippen molar-refractivity contribution in [2.24, 2.45) is 12.0 Å². The van der Waals surface area contributed by atoms with Crippen molar-refractivity contribution in [1.82, 2.24) is 25.6 Å². The fourth-order valence-corrected chi connectivity index (χ4v) is 3.31. The molecule has 2 N–H and O–H groups in total. The normalized spacial score (nSPS) is 12.8. The molecule has 0 bridgehead atoms. The van der Waals surface area contributed by atoms with Gasteiger partial charge in [0.15, 0.2) is 11.7 Å². The van der Waals surface area contributed by atoms with Gasteiger partial charge in [0.1, 0.15) is 5.69 Å². The van der Waals surface area contributed by atoms with Crippen LogP contribution in [0.1, 0.15) is 36.5 Å². The fourth-order valence-electron chi connectivity index (χ4n) is 3.31. The highest BCUT2D eigenvalue weighted by atomic mass is 16.5. The average Bonchev–Trinajstić information content (AvgIpc) is 3.27. The van der Waals surface area contributed by atoms with E-state index in [9.17, 15) is 0 Å². The summed E-state index contributed by atoms with van der Waals surface area (Å²) in [6, 6.07) is 12.1. The number of benzene rings is 1. The summed E-state index contributed by atoms with van der Waals surface area (Å²) in [5, 5.41) is 15.4. The van der Waals surface area contributed by atoms with Crippen LogP contribution in [0.5, 0.6) is 0 Å². The van der Waals surface area contributed by atoms with Gasteiger partial charge in [-0.1, -0.05) is 35.5 Å². The van der Waals surface area contributed by atoms with Gasteiger partial charge < -0.3 is 15.2 Å². The molecule has 154 valence electrons. The summed E-state index contributed by atoms with van der Waals surface area (Å²) in [5.41, 5.74) is 5.38. The maximum absolute atomic E-state index is 5.46. The number of rotatable bonds is 7. The quantitative estimate of drug-likeness (QED) is 0.474. The molecule has 2 aromatic heterocycles. The Labute approximate surface area is 172 Å². The summed E-state index contributed by atoms with van der Waals surface area (Å²) in [4.78, 5) is 4.67. The van der Waals surface area contributed by atoms with Crippen LogP contribution in [0.25, 0.3) is 11.3 Å². The molecule has 3 rings (SSSR count). The predicted molar refractivity (Wildman–Crippen MR) is 116 cm³/mol. The van der Waals surface area contributed by atoms with Crippen molar-refractivity contribution in [3.63, 3.8) is 0 Å². The Balaban J connectivity index is 1.64. The van der Waals surface area contributed by atoms with Gasteiger partial charge in [0.2, 0.25) is 0 Å². The molecule has 0 aliphatic carbocycles. The first-order chi connectivity index (χ1) is 14.0. The van der Waals surface area contributed by atoms with Crippen LogP contribution in [-0.2, 0) is 20.0 Å². The molecule has 3 aromatic rings. The fraction of sp³-hybridized carbons (Fsp3) is 0.409. The van der Waals surface area contributed by atoms with Crippen molar-refractivity contribution in [1.29, 1.82) is 0 Å². The van der Waals surface area contributed by atoms with E-state index < -0.39 is 0 Å². The van der Waals surface area contributed by atoms with Crippen molar-refractivity contribution in [2.45, 2.75) is 46.7 Å². The van der Waals surface area contributed by atoms with Gasteiger partial charge in [-0.3, -0.25) is 4.68 Å². The van der Waals surface area contributed by atoms with Crippen molar-refractivity contribution >= 4 is 5.96 Å². The van der Waals surface area contributed by atoms with E-state index in [2.05, 4.69) is 53.6 Å². The number of aryl methyl sites for hydroxylation is 2. The highest BCUT2D eigenvalue weighted by Gasteiger charge is 2.14. The van der Waals surface area contributed by atoms with E-state index >= 15 is 0 Å². The van der Waals surface area contributed by atoms with Crippen LogP contribution in [0, 0.1) is 13.8 Å². The third-order valence-electron chi connectivity index (χ3n) is 4.91. The Morgan fingerprint density at radius 1 is 1.24 bits per heavy atom. The predicted octanol–water partition coefficient (Wildman–Crippen LogP) is 3.38. The lowest BCUT2D eigenvalue weighted by molar-refractivity contribution is 0.424. The SMILES string of the molecule is CCNC(=NCc1cc(-c2ccccc2)on1)NC(C)Cc1c(C)nn(C)c1C. The van der Waals surface area contributed by atoms with E-state index in [0.717, 1.165) is 41.6 Å². The second kappa shape index (κ2) is 9.41. The molecule has 29 heavy (non-hydrogen) atoms. The summed E-state index contributed by atoms with van der Waals surface area (Å²) in [7, 11) is 1.98. The minimum atomic E-state index is 0.214. The van der Waals surface area contributed by atoms with E-state index in [-0.39, 0.29) is 6.04 Å². The Bertz CT molecular complexity index is 957. The lowest BCUT2D eigenvalue weighted by Gasteiger charge is -2.18. The van der Waals surface area contributed by atoms with Crippen LogP contribution in [0.4, 0.5) is 0 Å². The third-order valence-corrected chi connectivity index (χ3v) is 4.91. The van der Waals surface area contributed by atoms with Gasteiger partial charge in [-0.15, -0.1) is 0 Å². The van der Waals surface area contributed by atoms with Gasteiger partial charge >= 0.3 is 0 Å². The second-order valence-electron chi connectivity index (χ2n) is 7.27. The minimum absolute atomic E-state index is 0.214. The molecule has 2 heterocycles. The Morgan fingerprint density at radius 3 is 2.66 bits per heavy atom. The first-order valence-electron chi connectivity index (χ1n) is 10.0. The number of nitrogens with zero attached hydrogens (tertiary/aromatic N) is 4. The lowest BCUT2D eigenvalue weighted by Crippen LogP contribution is -2.43. The van der Waals surface area contributed by atoms with E-state index in [1.54, 1.807) is 0 Å². The van der Waals surface area contributed by atoms with Gasteiger partial charge in [-0.25, -0.2) is 4.99 Å². The highest BCUT2D eigenvalue weighted by Crippen LogP contribution is 2.20. The third kappa shape index (κ3) is 5.25. The summed E-state index contributed by atoms with van der Waals surface area (Å²) < 4.78 is 7.40. The average molecular weight is 395 g/mol. The van der Waals surface area contributed by atoms with Crippen molar-refractivity contribution in [3.05, 3.63) is 59.0 Å². The van der Waals surface area contributed by atoms with Crippen LogP contribution in [0.15, 0.2) is 45.9 Å². The zero-order valence-corrected chi connectivity index (χ0v) is 17.9. The maximum atomic E-state index is 5.46. The Kier molecular flexibility index (Phi) is 6.69. The summed E-state index contributed by atoms with van der Waals surface area (Å²) in [5.74, 6) is 1.52. The van der Waals surface area contributed by atoms with E-state index in [1.165, 1.54) is 11.3 Å². The molecule has 1 aromatic carbocycles. The van der Waals surface area contributed by atoms with Crippen LogP contribution >= 0.6 is 0 Å². The van der Waals surface area contributed by atoms with Crippen LogP contribution in [0.3, 0.4) is 0 Å². The first-order valence-corrected chi connectivity index (χ1v) is 10.0. The van der Waals surface area contributed by atoms with E-state index in [0.29, 0.717) is 6.54 Å². The lowest BCUT2D eigenvalue weighted by atomic mass is 10.1. The van der Waals surface area contributed by atoms with Crippen molar-refractivity contribution < 1.29 is 4.52 Å². The van der Waals surface area contributed by atoms with Gasteiger partial charge in [-0.05, 0) is 39.7 Å². The Morgan fingerprint density at radius 2 is 2.00 bits per heavy atom. The number of nitrogens with one attached hydrogen (secondary N) is 2. The monoisotopic (exact) mass is 394 g/mol. The van der Waals surface area contributed by atoms with Crippen LogP contribution in [0.2, 0.25) is 0 Å². The summed E-state index contributed by atoms with van der Waals surface area (Å²) in [6.45, 7) is 9.61. The molecule has 0 radical (unpaired) electrons. The molecular weight excluding hydrogens is 364 g/mol. The molecule has 7 nitrogen and oxygen atoms in total. The van der Waals surface area contributed by atoms with Crippen molar-refractivity contribution in [2.75, 3.05) is 6.54 Å². The van der Waals surface area contributed by atoms with Gasteiger partial charge in [0.25, 0.3) is 0 Å². The van der Waals surface area contributed by atoms with E-state index in [1.807, 2.05) is 48.1 Å². The maximum Gasteiger partial charge on any atom is 0.191 e. The molecule has 0 aliphatic heterocycles. The molecule has 7 heteroatoms. The number of guanidine groups is 1. The molecule has 0 fully saturated rings. The topological polar surface area (TPSA) is 80.3 Å². The highest BCUT2D eigenvalue weighted by molar-refractivity contribution is 5.80. The molecule has 1 atom stereocenters. The van der Waals surface area contributed by atoms with Crippen LogP contribution in [-0.4, -0.2) is 33.5 Å². The summed E-state index contributed by atoms with van der Waals surface area (Å²) >= 11 is 0. The van der Waals surface area contributed by atoms with E-state index in [4.69, 9.17) is 4.52 Å². The molecule has 0 saturated heterocycles. The molecular formula is C22H30N6O. The number of hydrogen-bond acceptors (Lipinski definition) is 4. The zero-order valence-electron chi connectivity index (χ0n) is 17.9. The Hall–Kier alpha value is -3.09. The van der Waals surface area contributed by atoms with Gasteiger partial charge in [0.05, 0.1) is 12.2 Å². The largest absolute Gasteiger partial charge is 0.357 e. The summed E-state index contributed by atoms with van der Waals surface area (Å²) in [6.07, 6.45) is 0.887. The number of hydrogen-bond donors (Lipinski definition) is 2. The van der Waals surface area contributed by atoms with Crippen LogP contribution < -0.4 is 10.6 Å². The standard InChI is InChI=1S/C22H30N6O/c1-6-23-22(25-15(2)12-20-16(3)26-28(5)17(20)4)24-14-19-13-21(29-27-19)18-10-8-7-9-11-18/h7-11,13,15H,6,12,14H2,1-5H3,(H2,23,24,25). The van der Waals surface area contributed by atoms with Crippen molar-refractivity contribution in [3.8, 4) is 11.3 Å². The number of aromatic nitrogens is 3. The van der Waals surface area contributed by atoms with Gasteiger partial charge in [0, 0.05) is 37.0 Å². The molecule has 0 amide bonds. The molecule has 0 aliphatic rings. The minimum Gasteiger partial charge on any atom is -0.357 e. The molecule has 1 unspecified atom stereocenters. The second-order valence-corrected chi connectivity index (χ2v) is 7.27. The first kappa shape index (κ1) is 20.6. The molecule has 0 spiro atoms.